The van der Waals surface area contributed by atoms with Crippen molar-refractivity contribution in [2.24, 2.45) is 5.73 Å². The molecule has 0 bridgehead atoms. The predicted octanol–water partition coefficient (Wildman–Crippen LogP) is 4.17. The number of rotatable bonds is 6. The van der Waals surface area contributed by atoms with Gasteiger partial charge in [0.2, 0.25) is 0 Å². The van der Waals surface area contributed by atoms with Crippen LogP contribution in [0, 0.1) is 0 Å². The average molecular weight is 214 g/mol. The highest BCUT2D eigenvalue weighted by atomic mass is 14.7. The molecule has 0 aliphatic heterocycles. The topological polar surface area (TPSA) is 61.0 Å². The van der Waals surface area contributed by atoms with Crippen molar-refractivity contribution in [3.05, 3.63) is 0 Å². The molecule has 1 rings (SSSR count). The van der Waals surface area contributed by atoms with E-state index >= 15 is 0 Å². The van der Waals surface area contributed by atoms with Crippen LogP contribution in [0.5, 0.6) is 0 Å². The van der Waals surface area contributed by atoms with Gasteiger partial charge in [-0.3, -0.25) is 0 Å². The second-order valence-corrected chi connectivity index (χ2v) is 5.09. The largest absolute Gasteiger partial charge is 0.344 e. The molecular weight excluding hydrogens is 184 g/mol. The number of hydrogen-bond acceptors (Lipinski definition) is 2. The number of hydrogen-bond donors (Lipinski definition) is 2. The molecule has 1 aliphatic rings. The molecule has 0 spiro atoms. The maximum atomic E-state index is 6.37. The first-order chi connectivity index (χ1) is 6.77. The lowest BCUT2D eigenvalue weighted by Gasteiger charge is -2.33. The van der Waals surface area contributed by atoms with Crippen LogP contribution in [0.2, 0.25) is 0 Å². The van der Waals surface area contributed by atoms with E-state index in [2.05, 4.69) is 6.92 Å². The molecule has 1 fully saturated rings. The van der Waals surface area contributed by atoms with Gasteiger partial charge >= 0.3 is 0 Å². The minimum atomic E-state index is 0. The lowest BCUT2D eigenvalue weighted by Crippen LogP contribution is -2.41. The van der Waals surface area contributed by atoms with Crippen LogP contribution < -0.4 is 11.9 Å². The van der Waals surface area contributed by atoms with E-state index in [9.17, 15) is 0 Å². The summed E-state index contributed by atoms with van der Waals surface area (Å²) in [5, 5.41) is 0. The summed E-state index contributed by atoms with van der Waals surface area (Å²) in [5.74, 6) is 0. The van der Waals surface area contributed by atoms with Crippen molar-refractivity contribution in [1.82, 2.24) is 6.15 Å². The van der Waals surface area contributed by atoms with E-state index in [0.29, 0.717) is 0 Å². The summed E-state index contributed by atoms with van der Waals surface area (Å²) in [7, 11) is 0. The van der Waals surface area contributed by atoms with Gasteiger partial charge in [-0.15, -0.1) is 0 Å². The Morgan fingerprint density at radius 3 is 2.13 bits per heavy atom. The maximum Gasteiger partial charge on any atom is 0.0154 e. The van der Waals surface area contributed by atoms with E-state index in [-0.39, 0.29) is 11.7 Å². The molecule has 1 saturated carbocycles. The minimum absolute atomic E-state index is 0. The van der Waals surface area contributed by atoms with Gasteiger partial charge in [-0.05, 0) is 19.3 Å². The second-order valence-electron chi connectivity index (χ2n) is 5.09. The molecule has 0 unspecified atom stereocenters. The van der Waals surface area contributed by atoms with E-state index in [4.69, 9.17) is 5.73 Å². The van der Waals surface area contributed by atoms with Crippen molar-refractivity contribution in [2.45, 2.75) is 83.1 Å². The third-order valence-electron chi connectivity index (χ3n) is 3.63. The summed E-state index contributed by atoms with van der Waals surface area (Å²) in [6.45, 7) is 2.27. The van der Waals surface area contributed by atoms with Gasteiger partial charge in [-0.2, -0.15) is 0 Å². The van der Waals surface area contributed by atoms with Crippen LogP contribution in [0.4, 0.5) is 0 Å². The van der Waals surface area contributed by atoms with E-state index in [1.807, 2.05) is 0 Å². The fourth-order valence-electron chi connectivity index (χ4n) is 2.59. The molecule has 2 heteroatoms. The van der Waals surface area contributed by atoms with E-state index in [1.54, 1.807) is 0 Å². The summed E-state index contributed by atoms with van der Waals surface area (Å²) < 4.78 is 0. The molecule has 2 nitrogen and oxygen atoms in total. The first-order valence-corrected chi connectivity index (χ1v) is 6.56. The van der Waals surface area contributed by atoms with Crippen LogP contribution in [0.1, 0.15) is 77.6 Å². The van der Waals surface area contributed by atoms with Crippen molar-refractivity contribution < 1.29 is 0 Å². The fraction of sp³-hybridized carbons (Fsp3) is 1.00. The van der Waals surface area contributed by atoms with E-state index in [1.165, 1.54) is 70.6 Å². The second kappa shape index (κ2) is 8.12. The van der Waals surface area contributed by atoms with E-state index in [0.717, 1.165) is 0 Å². The Hall–Kier alpha value is -0.0800. The first-order valence-electron chi connectivity index (χ1n) is 6.56. The van der Waals surface area contributed by atoms with Crippen molar-refractivity contribution in [3.63, 3.8) is 0 Å². The predicted molar refractivity (Wildman–Crippen MR) is 68.4 cm³/mol. The van der Waals surface area contributed by atoms with Gasteiger partial charge in [0.05, 0.1) is 0 Å². The molecule has 1 aliphatic carbocycles. The molecule has 0 heterocycles. The molecule has 92 valence electrons. The van der Waals surface area contributed by atoms with Crippen LogP contribution >= 0.6 is 0 Å². The summed E-state index contributed by atoms with van der Waals surface area (Å²) in [6, 6.07) is 0. The Morgan fingerprint density at radius 1 is 0.933 bits per heavy atom. The van der Waals surface area contributed by atoms with Crippen LogP contribution in [0.15, 0.2) is 0 Å². The standard InChI is InChI=1S/C13H27N.H3N/c1-2-3-4-5-7-10-13(14)11-8-6-9-12-13;/h2-12,14H2,1H3;1H3. The lowest BCUT2D eigenvalue weighted by atomic mass is 9.79. The van der Waals surface area contributed by atoms with Gasteiger partial charge in [0.15, 0.2) is 0 Å². The van der Waals surface area contributed by atoms with Gasteiger partial charge in [-0.25, -0.2) is 0 Å². The smallest absolute Gasteiger partial charge is 0.0154 e. The Balaban J connectivity index is 0.00000196. The monoisotopic (exact) mass is 214 g/mol. The van der Waals surface area contributed by atoms with Crippen LogP contribution in [-0.2, 0) is 0 Å². The van der Waals surface area contributed by atoms with Crippen molar-refractivity contribution in [3.8, 4) is 0 Å². The highest BCUT2D eigenvalue weighted by molar-refractivity contribution is 4.86. The molecule has 0 radical (unpaired) electrons. The normalized spacial score (nSPS) is 19.6. The zero-order chi connectivity index (χ0) is 10.3. The molecule has 0 aromatic heterocycles. The highest BCUT2D eigenvalue weighted by Gasteiger charge is 2.26. The van der Waals surface area contributed by atoms with Gasteiger partial charge in [0, 0.05) is 5.54 Å². The maximum absolute atomic E-state index is 6.37. The summed E-state index contributed by atoms with van der Waals surface area (Å²) in [4.78, 5) is 0. The Labute approximate surface area is 95.6 Å². The molecule has 0 aromatic rings. The zero-order valence-electron chi connectivity index (χ0n) is 10.6. The summed E-state index contributed by atoms with van der Waals surface area (Å²) >= 11 is 0. The molecular formula is C13H30N2. The van der Waals surface area contributed by atoms with Crippen molar-refractivity contribution in [1.29, 1.82) is 0 Å². The van der Waals surface area contributed by atoms with Gasteiger partial charge in [0.25, 0.3) is 0 Å². The van der Waals surface area contributed by atoms with Gasteiger partial charge in [-0.1, -0.05) is 58.3 Å². The Morgan fingerprint density at radius 2 is 1.53 bits per heavy atom. The van der Waals surface area contributed by atoms with Crippen molar-refractivity contribution >= 4 is 0 Å². The lowest BCUT2D eigenvalue weighted by molar-refractivity contribution is 0.269. The number of nitrogens with two attached hydrogens (primary N) is 1. The Kier molecular flexibility index (Phi) is 8.07. The van der Waals surface area contributed by atoms with Gasteiger partial charge in [0.1, 0.15) is 0 Å². The zero-order valence-corrected chi connectivity index (χ0v) is 10.6. The number of unbranched alkanes of at least 4 members (excludes halogenated alkanes) is 4. The molecule has 0 saturated heterocycles. The summed E-state index contributed by atoms with van der Waals surface area (Å²) in [5.41, 5.74) is 6.60. The first kappa shape index (κ1) is 14.9. The molecule has 0 amide bonds. The Bertz CT molecular complexity index is 139. The van der Waals surface area contributed by atoms with Crippen molar-refractivity contribution in [2.75, 3.05) is 0 Å². The van der Waals surface area contributed by atoms with Crippen LogP contribution in [0.25, 0.3) is 0 Å². The molecule has 5 N–H and O–H groups in total. The summed E-state index contributed by atoms with van der Waals surface area (Å²) in [6.07, 6.45) is 14.9. The fourth-order valence-corrected chi connectivity index (χ4v) is 2.59. The highest BCUT2D eigenvalue weighted by Crippen LogP contribution is 2.30. The molecule has 0 aromatic carbocycles. The molecule has 0 atom stereocenters. The quantitative estimate of drug-likeness (QED) is 0.652. The minimum Gasteiger partial charge on any atom is -0.344 e. The third kappa shape index (κ3) is 6.16. The van der Waals surface area contributed by atoms with E-state index < -0.39 is 0 Å². The van der Waals surface area contributed by atoms with Crippen LogP contribution in [-0.4, -0.2) is 5.54 Å². The van der Waals surface area contributed by atoms with Crippen LogP contribution in [0.3, 0.4) is 0 Å². The molecule has 15 heavy (non-hydrogen) atoms. The average Bonchev–Trinajstić information content (AvgIpc) is 2.18. The third-order valence-corrected chi connectivity index (χ3v) is 3.63. The SMILES string of the molecule is CCCCCCCC1(N)CCCCC1.N. The van der Waals surface area contributed by atoms with Gasteiger partial charge < -0.3 is 11.9 Å².